The number of carbonyl (C=O) groups excluding carboxylic acids is 1. The summed E-state index contributed by atoms with van der Waals surface area (Å²) in [6, 6.07) is 4.45. The summed E-state index contributed by atoms with van der Waals surface area (Å²) in [5, 5.41) is 1.49. The third-order valence-electron chi connectivity index (χ3n) is 3.52. The van der Waals surface area contributed by atoms with E-state index in [0.29, 0.717) is 10.6 Å². The van der Waals surface area contributed by atoms with Gasteiger partial charge in [-0.2, -0.15) is 13.2 Å². The van der Waals surface area contributed by atoms with E-state index < -0.39 is 23.7 Å². The van der Waals surface area contributed by atoms with Crippen LogP contribution in [0.2, 0.25) is 5.02 Å². The lowest BCUT2D eigenvalue weighted by atomic mass is 9.97. The van der Waals surface area contributed by atoms with Crippen LogP contribution in [0, 0.1) is 0 Å². The molecule has 1 heterocycles. The first kappa shape index (κ1) is 16.1. The number of carbonyl (C=O) groups is 1. The van der Waals surface area contributed by atoms with Gasteiger partial charge in [0, 0.05) is 17.0 Å². The second-order valence-electron chi connectivity index (χ2n) is 5.78. The first-order valence-electron chi connectivity index (χ1n) is 6.49. The Kier molecular flexibility index (Phi) is 4.22. The van der Waals surface area contributed by atoms with Crippen molar-refractivity contribution in [3.05, 3.63) is 34.9 Å². The smallest absolute Gasteiger partial charge is 0.288 e. The van der Waals surface area contributed by atoms with Crippen molar-refractivity contribution in [3.8, 4) is 0 Å². The van der Waals surface area contributed by atoms with E-state index in [4.69, 9.17) is 11.6 Å². The SMILES string of the molecule is CC1(C)CC(=O)NN1C(Cc1ccc(Cl)cc1)C(F)(F)F. The van der Waals surface area contributed by atoms with Gasteiger partial charge in [-0.3, -0.25) is 10.2 Å². The Labute approximate surface area is 126 Å². The van der Waals surface area contributed by atoms with Crippen LogP contribution in [0.25, 0.3) is 0 Å². The molecule has 1 aliphatic heterocycles. The third-order valence-corrected chi connectivity index (χ3v) is 3.77. The first-order valence-corrected chi connectivity index (χ1v) is 6.87. The predicted molar refractivity (Wildman–Crippen MR) is 73.7 cm³/mol. The Bertz CT molecular complexity index is 528. The van der Waals surface area contributed by atoms with E-state index in [1.165, 1.54) is 0 Å². The molecule has 1 atom stereocenters. The van der Waals surface area contributed by atoms with Gasteiger partial charge in [0.05, 0.1) is 0 Å². The number of amides is 1. The predicted octanol–water partition coefficient (Wildman–Crippen LogP) is 3.33. The molecule has 7 heteroatoms. The molecule has 1 aromatic rings. The van der Waals surface area contributed by atoms with Gasteiger partial charge in [0.25, 0.3) is 0 Å². The monoisotopic (exact) mass is 320 g/mol. The van der Waals surface area contributed by atoms with E-state index >= 15 is 0 Å². The zero-order valence-electron chi connectivity index (χ0n) is 11.7. The van der Waals surface area contributed by atoms with Crippen LogP contribution in [-0.4, -0.2) is 28.7 Å². The summed E-state index contributed by atoms with van der Waals surface area (Å²) in [6.45, 7) is 3.23. The highest BCUT2D eigenvalue weighted by Crippen LogP contribution is 2.34. The van der Waals surface area contributed by atoms with Crippen LogP contribution in [0.3, 0.4) is 0 Å². The lowest BCUT2D eigenvalue weighted by Crippen LogP contribution is -2.57. The molecule has 1 N–H and O–H groups in total. The molecule has 1 unspecified atom stereocenters. The highest BCUT2D eigenvalue weighted by atomic mass is 35.5. The van der Waals surface area contributed by atoms with E-state index in [9.17, 15) is 18.0 Å². The molecule has 2 rings (SSSR count). The second kappa shape index (κ2) is 5.50. The zero-order valence-corrected chi connectivity index (χ0v) is 12.4. The van der Waals surface area contributed by atoms with Gasteiger partial charge in [0.2, 0.25) is 5.91 Å². The summed E-state index contributed by atoms with van der Waals surface area (Å²) in [6.07, 6.45) is -4.65. The van der Waals surface area contributed by atoms with Gasteiger partial charge in [-0.05, 0) is 38.0 Å². The molecular weight excluding hydrogens is 305 g/mol. The quantitative estimate of drug-likeness (QED) is 0.926. The normalized spacial score (nSPS) is 20.4. The van der Waals surface area contributed by atoms with Gasteiger partial charge >= 0.3 is 6.18 Å². The average Bonchev–Trinajstić information content (AvgIpc) is 2.60. The first-order chi connectivity index (χ1) is 9.59. The number of halogens is 4. The molecule has 0 aliphatic carbocycles. The molecular formula is C14H16ClF3N2O. The summed E-state index contributed by atoms with van der Waals surface area (Å²) in [7, 11) is 0. The van der Waals surface area contributed by atoms with Crippen LogP contribution in [0.5, 0.6) is 0 Å². The standard InChI is InChI=1S/C14H16ClF3N2O/c1-13(2)8-12(21)19-20(13)11(14(16,17)18)7-9-3-5-10(15)6-4-9/h3-6,11H,7-8H2,1-2H3,(H,19,21). The molecule has 0 saturated carbocycles. The van der Waals surface area contributed by atoms with Gasteiger partial charge in [-0.15, -0.1) is 0 Å². The number of hydrogen-bond acceptors (Lipinski definition) is 2. The Hall–Kier alpha value is -1.27. The van der Waals surface area contributed by atoms with Crippen molar-refractivity contribution in [1.82, 2.24) is 10.4 Å². The van der Waals surface area contributed by atoms with Gasteiger partial charge in [-0.1, -0.05) is 23.7 Å². The number of benzene rings is 1. The van der Waals surface area contributed by atoms with Crippen molar-refractivity contribution < 1.29 is 18.0 Å². The van der Waals surface area contributed by atoms with Crippen LogP contribution in [0.15, 0.2) is 24.3 Å². The second-order valence-corrected chi connectivity index (χ2v) is 6.22. The number of hydrazine groups is 1. The number of nitrogens with one attached hydrogen (secondary N) is 1. The topological polar surface area (TPSA) is 32.3 Å². The van der Waals surface area contributed by atoms with Crippen LogP contribution < -0.4 is 5.43 Å². The number of hydrogen-bond donors (Lipinski definition) is 1. The number of rotatable bonds is 3. The lowest BCUT2D eigenvalue weighted by molar-refractivity contribution is -0.200. The van der Waals surface area contributed by atoms with Crippen LogP contribution in [0.1, 0.15) is 25.8 Å². The Morgan fingerprint density at radius 2 is 1.90 bits per heavy atom. The fraction of sp³-hybridized carbons (Fsp3) is 0.500. The number of alkyl halides is 3. The number of nitrogens with zero attached hydrogens (tertiary/aromatic N) is 1. The van der Waals surface area contributed by atoms with E-state index in [0.717, 1.165) is 5.01 Å². The fourth-order valence-electron chi connectivity index (χ4n) is 2.50. The fourth-order valence-corrected chi connectivity index (χ4v) is 2.63. The molecule has 1 aromatic carbocycles. The minimum absolute atomic E-state index is 0.0419. The van der Waals surface area contributed by atoms with Crippen molar-refractivity contribution >= 4 is 17.5 Å². The molecule has 0 spiro atoms. The minimum atomic E-state index is -4.45. The summed E-state index contributed by atoms with van der Waals surface area (Å²) >= 11 is 5.74. The van der Waals surface area contributed by atoms with Gasteiger partial charge in [0.1, 0.15) is 6.04 Å². The highest BCUT2D eigenvalue weighted by molar-refractivity contribution is 6.30. The zero-order chi connectivity index (χ0) is 15.8. The molecule has 0 aromatic heterocycles. The Balaban J connectivity index is 2.27. The molecule has 3 nitrogen and oxygen atoms in total. The molecule has 0 bridgehead atoms. The summed E-state index contributed by atoms with van der Waals surface area (Å²) in [5.41, 5.74) is 1.96. The van der Waals surface area contributed by atoms with Crippen LogP contribution in [-0.2, 0) is 11.2 Å². The molecule has 1 saturated heterocycles. The van der Waals surface area contributed by atoms with Gasteiger partial charge in [-0.25, -0.2) is 5.01 Å². The molecule has 116 valence electrons. The van der Waals surface area contributed by atoms with Crippen LogP contribution in [0.4, 0.5) is 13.2 Å². The molecule has 21 heavy (non-hydrogen) atoms. The molecule has 1 aliphatic rings. The van der Waals surface area contributed by atoms with Gasteiger partial charge < -0.3 is 0 Å². The Morgan fingerprint density at radius 3 is 2.33 bits per heavy atom. The maximum absolute atomic E-state index is 13.4. The summed E-state index contributed by atoms with van der Waals surface area (Å²) in [4.78, 5) is 11.5. The van der Waals surface area contributed by atoms with Crippen molar-refractivity contribution in [2.45, 2.75) is 44.4 Å². The van der Waals surface area contributed by atoms with Crippen molar-refractivity contribution in [2.24, 2.45) is 0 Å². The summed E-state index contributed by atoms with van der Waals surface area (Å²) in [5.74, 6) is -0.398. The minimum Gasteiger partial charge on any atom is -0.288 e. The van der Waals surface area contributed by atoms with Gasteiger partial charge in [0.15, 0.2) is 0 Å². The van der Waals surface area contributed by atoms with E-state index in [1.807, 2.05) is 0 Å². The maximum Gasteiger partial charge on any atom is 0.406 e. The summed E-state index contributed by atoms with van der Waals surface area (Å²) < 4.78 is 40.2. The Morgan fingerprint density at radius 1 is 1.33 bits per heavy atom. The third kappa shape index (κ3) is 3.68. The van der Waals surface area contributed by atoms with Crippen molar-refractivity contribution in [3.63, 3.8) is 0 Å². The van der Waals surface area contributed by atoms with Crippen molar-refractivity contribution in [2.75, 3.05) is 0 Å². The van der Waals surface area contributed by atoms with Crippen LogP contribution >= 0.6 is 11.6 Å². The lowest BCUT2D eigenvalue weighted by Gasteiger charge is -2.37. The van der Waals surface area contributed by atoms with E-state index in [-0.39, 0.29) is 12.8 Å². The maximum atomic E-state index is 13.4. The average molecular weight is 321 g/mol. The van der Waals surface area contributed by atoms with E-state index in [2.05, 4.69) is 5.43 Å². The molecule has 0 radical (unpaired) electrons. The largest absolute Gasteiger partial charge is 0.406 e. The van der Waals surface area contributed by atoms with E-state index in [1.54, 1.807) is 38.1 Å². The van der Waals surface area contributed by atoms with Crippen molar-refractivity contribution in [1.29, 1.82) is 0 Å². The highest BCUT2D eigenvalue weighted by Gasteiger charge is 2.51. The molecule has 1 fully saturated rings. The molecule has 1 amide bonds.